The molecule has 216 valence electrons. The molecule has 1 fully saturated rings. The summed E-state index contributed by atoms with van der Waals surface area (Å²) in [5, 5.41) is 13.9. The van der Waals surface area contributed by atoms with E-state index in [1.807, 2.05) is 0 Å². The number of nitrogens with one attached hydrogen (secondary N) is 2. The Balaban J connectivity index is 2.91. The van der Waals surface area contributed by atoms with Crippen molar-refractivity contribution in [2.24, 2.45) is 0 Å². The average molecular weight is 547 g/mol. The molecule has 4 atom stereocenters. The second-order valence-corrected chi connectivity index (χ2v) is 8.93. The van der Waals surface area contributed by atoms with Crippen LogP contribution < -0.4 is 10.6 Å². The van der Waals surface area contributed by atoms with Crippen molar-refractivity contribution in [3.63, 3.8) is 0 Å². The summed E-state index contributed by atoms with van der Waals surface area (Å²) in [7, 11) is 0. The maximum atomic E-state index is 12.1. The maximum Gasteiger partial charge on any atom is 0.303 e. The predicted molar refractivity (Wildman–Crippen MR) is 128 cm³/mol. The zero-order valence-electron chi connectivity index (χ0n) is 22.2. The van der Waals surface area contributed by atoms with E-state index in [0.717, 1.165) is 0 Å². The van der Waals surface area contributed by atoms with Crippen LogP contribution in [0.4, 0.5) is 0 Å². The normalized spacial score (nSPS) is 22.6. The van der Waals surface area contributed by atoms with Crippen LogP contribution in [0.3, 0.4) is 0 Å². The number of carbonyl (C=O) groups excluding carboxylic acids is 5. The minimum atomic E-state index is -1.58. The zero-order chi connectivity index (χ0) is 28.7. The van der Waals surface area contributed by atoms with Crippen molar-refractivity contribution in [2.75, 3.05) is 26.4 Å². The lowest BCUT2D eigenvalue weighted by Crippen LogP contribution is -2.68. The second-order valence-electron chi connectivity index (χ2n) is 8.93. The van der Waals surface area contributed by atoms with Crippen LogP contribution in [0.25, 0.3) is 0 Å². The van der Waals surface area contributed by atoms with Gasteiger partial charge in [-0.15, -0.1) is 0 Å². The fraction of sp³-hybridized carbons (Fsp3) is 0.750. The molecule has 0 aromatic heterocycles. The fourth-order valence-corrected chi connectivity index (χ4v) is 3.88. The van der Waals surface area contributed by atoms with E-state index in [1.54, 1.807) is 0 Å². The molecule has 0 saturated carbocycles. The van der Waals surface area contributed by atoms with E-state index in [9.17, 15) is 28.8 Å². The van der Waals surface area contributed by atoms with Crippen molar-refractivity contribution >= 4 is 35.7 Å². The Morgan fingerprint density at radius 1 is 0.921 bits per heavy atom. The van der Waals surface area contributed by atoms with Crippen LogP contribution in [0.15, 0.2) is 0 Å². The van der Waals surface area contributed by atoms with Gasteiger partial charge < -0.3 is 39.4 Å². The van der Waals surface area contributed by atoms with Crippen LogP contribution in [0.5, 0.6) is 0 Å². The molecule has 0 bridgehead atoms. The highest BCUT2D eigenvalue weighted by Gasteiger charge is 2.54. The summed E-state index contributed by atoms with van der Waals surface area (Å²) in [6.45, 7) is 4.57. The third-order valence-corrected chi connectivity index (χ3v) is 5.41. The van der Waals surface area contributed by atoms with Gasteiger partial charge in [0.2, 0.25) is 11.8 Å². The SMILES string of the molecule is CC(=O)NC1C(OCCCCC(=O)NCCCC(=O)O)OC(COC(C)=O)CC1(COC(C)=O)OC(C)=O. The minimum absolute atomic E-state index is 0.0320. The van der Waals surface area contributed by atoms with E-state index in [0.29, 0.717) is 19.3 Å². The summed E-state index contributed by atoms with van der Waals surface area (Å²) in [6, 6.07) is -1.07. The zero-order valence-corrected chi connectivity index (χ0v) is 22.2. The van der Waals surface area contributed by atoms with E-state index in [-0.39, 0.29) is 44.9 Å². The van der Waals surface area contributed by atoms with Crippen molar-refractivity contribution in [3.8, 4) is 0 Å². The molecule has 14 heteroatoms. The van der Waals surface area contributed by atoms with Crippen molar-refractivity contribution in [3.05, 3.63) is 0 Å². The van der Waals surface area contributed by atoms with Crippen molar-refractivity contribution in [1.82, 2.24) is 10.6 Å². The van der Waals surface area contributed by atoms with Crippen LogP contribution >= 0.6 is 0 Å². The van der Waals surface area contributed by atoms with E-state index in [2.05, 4.69) is 10.6 Å². The van der Waals surface area contributed by atoms with Crippen LogP contribution in [-0.2, 0) is 52.5 Å². The number of carboxylic acids is 1. The molecule has 0 aromatic rings. The molecular formula is C24H38N2O12. The largest absolute Gasteiger partial charge is 0.481 e. The smallest absolute Gasteiger partial charge is 0.303 e. The molecule has 0 aliphatic carbocycles. The Labute approximate surface area is 221 Å². The molecule has 4 unspecified atom stereocenters. The van der Waals surface area contributed by atoms with E-state index in [4.69, 9.17) is 28.8 Å². The van der Waals surface area contributed by atoms with Gasteiger partial charge in [-0.1, -0.05) is 0 Å². The molecule has 1 saturated heterocycles. The molecular weight excluding hydrogens is 508 g/mol. The number of carboxylic acid groups (broad SMARTS) is 1. The highest BCUT2D eigenvalue weighted by atomic mass is 16.7. The number of esters is 3. The number of unbranched alkanes of at least 4 members (excludes halogenated alkanes) is 1. The Hall–Kier alpha value is -3.26. The molecule has 1 aliphatic heterocycles. The Kier molecular flexibility index (Phi) is 14.3. The van der Waals surface area contributed by atoms with Gasteiger partial charge in [-0.3, -0.25) is 28.8 Å². The van der Waals surface area contributed by atoms with Crippen LogP contribution in [0.1, 0.15) is 66.2 Å². The number of aliphatic carboxylic acids is 1. The first-order chi connectivity index (χ1) is 17.8. The Morgan fingerprint density at radius 3 is 2.18 bits per heavy atom. The number of ether oxygens (including phenoxy) is 5. The topological polar surface area (TPSA) is 193 Å². The monoisotopic (exact) mass is 546 g/mol. The van der Waals surface area contributed by atoms with Gasteiger partial charge in [0, 0.05) is 60.1 Å². The lowest BCUT2D eigenvalue weighted by Gasteiger charge is -2.48. The predicted octanol–water partition coefficient (Wildman–Crippen LogP) is 0.202. The third kappa shape index (κ3) is 12.8. The summed E-state index contributed by atoms with van der Waals surface area (Å²) >= 11 is 0. The minimum Gasteiger partial charge on any atom is -0.481 e. The summed E-state index contributed by atoms with van der Waals surface area (Å²) < 4.78 is 27.7. The van der Waals surface area contributed by atoms with Gasteiger partial charge in [-0.25, -0.2) is 0 Å². The van der Waals surface area contributed by atoms with E-state index < -0.39 is 60.4 Å². The fourth-order valence-electron chi connectivity index (χ4n) is 3.88. The Bertz CT molecular complexity index is 848. The van der Waals surface area contributed by atoms with Crippen LogP contribution in [-0.4, -0.2) is 91.2 Å². The highest BCUT2D eigenvalue weighted by molar-refractivity contribution is 5.76. The van der Waals surface area contributed by atoms with Crippen molar-refractivity contribution in [1.29, 1.82) is 0 Å². The lowest BCUT2D eigenvalue weighted by atomic mass is 9.85. The molecule has 1 rings (SSSR count). The number of hydrogen-bond donors (Lipinski definition) is 3. The first kappa shape index (κ1) is 32.8. The molecule has 38 heavy (non-hydrogen) atoms. The molecule has 0 radical (unpaired) electrons. The molecule has 0 spiro atoms. The van der Waals surface area contributed by atoms with E-state index in [1.165, 1.54) is 27.7 Å². The molecule has 3 N–H and O–H groups in total. The van der Waals surface area contributed by atoms with Gasteiger partial charge in [0.25, 0.3) is 0 Å². The standard InChI is InChI=1S/C24H38N2O12/c1-15(27)26-22-23(34-11-6-5-8-20(31)25-10-7-9-21(32)33)37-19(13-35-16(2)28)12-24(22,38-18(4)30)14-36-17(3)29/h19,22-23H,5-14H2,1-4H3,(H,25,31)(H,26,27)(H,32,33). The maximum absolute atomic E-state index is 12.1. The van der Waals surface area contributed by atoms with E-state index >= 15 is 0 Å². The van der Waals surface area contributed by atoms with Crippen molar-refractivity contribution in [2.45, 2.75) is 90.3 Å². The number of hydrogen-bond acceptors (Lipinski definition) is 11. The summed E-state index contributed by atoms with van der Waals surface area (Å²) in [4.78, 5) is 69.5. The molecule has 1 aliphatic rings. The van der Waals surface area contributed by atoms with Crippen LogP contribution in [0, 0.1) is 0 Å². The third-order valence-electron chi connectivity index (χ3n) is 5.41. The number of carbonyl (C=O) groups is 6. The van der Waals surface area contributed by atoms with Gasteiger partial charge in [-0.05, 0) is 19.3 Å². The van der Waals surface area contributed by atoms with Gasteiger partial charge in [0.15, 0.2) is 11.9 Å². The van der Waals surface area contributed by atoms with Crippen molar-refractivity contribution < 1.29 is 57.6 Å². The summed E-state index contributed by atoms with van der Waals surface area (Å²) in [5.41, 5.74) is -1.58. The molecule has 1 heterocycles. The van der Waals surface area contributed by atoms with Gasteiger partial charge in [0.05, 0.1) is 6.10 Å². The molecule has 2 amide bonds. The number of rotatable bonds is 16. The summed E-state index contributed by atoms with van der Waals surface area (Å²) in [5.74, 6) is -3.54. The Morgan fingerprint density at radius 2 is 1.61 bits per heavy atom. The molecule has 0 aromatic carbocycles. The van der Waals surface area contributed by atoms with Gasteiger partial charge in [0.1, 0.15) is 19.3 Å². The first-order valence-electron chi connectivity index (χ1n) is 12.3. The quantitative estimate of drug-likeness (QED) is 0.135. The highest BCUT2D eigenvalue weighted by Crippen LogP contribution is 2.35. The average Bonchev–Trinajstić information content (AvgIpc) is 2.80. The summed E-state index contributed by atoms with van der Waals surface area (Å²) in [6.07, 6.45) is -0.699. The second kappa shape index (κ2) is 16.6. The van der Waals surface area contributed by atoms with Crippen LogP contribution in [0.2, 0.25) is 0 Å². The van der Waals surface area contributed by atoms with Gasteiger partial charge in [-0.2, -0.15) is 0 Å². The van der Waals surface area contributed by atoms with Gasteiger partial charge >= 0.3 is 23.9 Å². The molecule has 14 nitrogen and oxygen atoms in total. The lowest BCUT2D eigenvalue weighted by molar-refractivity contribution is -0.274. The first-order valence-corrected chi connectivity index (χ1v) is 12.3. The number of amides is 2.